The van der Waals surface area contributed by atoms with Crippen molar-refractivity contribution in [2.24, 2.45) is 0 Å². The van der Waals surface area contributed by atoms with E-state index in [0.29, 0.717) is 18.8 Å². The summed E-state index contributed by atoms with van der Waals surface area (Å²) in [5, 5.41) is 17.0. The SMILES string of the molecule is O=C(Nc1ccccc1N1CC(O)C1)c1csc(-c2cccs2)n1. The Labute approximate surface area is 147 Å². The molecule has 1 aliphatic rings. The molecule has 1 amide bonds. The number of thiazole rings is 1. The molecular formula is C17H15N3O2S2. The third-order valence-electron chi connectivity index (χ3n) is 3.82. The van der Waals surface area contributed by atoms with Crippen LogP contribution in [0.1, 0.15) is 10.5 Å². The smallest absolute Gasteiger partial charge is 0.275 e. The lowest BCUT2D eigenvalue weighted by Crippen LogP contribution is -2.51. The third-order valence-corrected chi connectivity index (χ3v) is 5.71. The number of hydrogen-bond acceptors (Lipinski definition) is 6. The van der Waals surface area contributed by atoms with E-state index >= 15 is 0 Å². The van der Waals surface area contributed by atoms with Crippen LogP contribution in [-0.2, 0) is 0 Å². The van der Waals surface area contributed by atoms with Gasteiger partial charge in [-0.05, 0) is 23.6 Å². The molecule has 0 bridgehead atoms. The van der Waals surface area contributed by atoms with Crippen molar-refractivity contribution in [3.8, 4) is 9.88 Å². The molecule has 1 fully saturated rings. The van der Waals surface area contributed by atoms with Crippen LogP contribution in [0.25, 0.3) is 9.88 Å². The van der Waals surface area contributed by atoms with E-state index in [-0.39, 0.29) is 12.0 Å². The largest absolute Gasteiger partial charge is 0.389 e. The van der Waals surface area contributed by atoms with E-state index in [0.717, 1.165) is 21.3 Å². The highest BCUT2D eigenvalue weighted by molar-refractivity contribution is 7.20. The Hall–Kier alpha value is -2.22. The standard InChI is InChI=1S/C17H15N3O2S2/c21-11-8-20(9-11)14-5-2-1-4-12(14)18-16(22)13-10-24-17(19-13)15-6-3-7-23-15/h1-7,10-11,21H,8-9H2,(H,18,22). The van der Waals surface area contributed by atoms with Gasteiger partial charge in [-0.2, -0.15) is 0 Å². The highest BCUT2D eigenvalue weighted by Gasteiger charge is 2.26. The van der Waals surface area contributed by atoms with E-state index in [1.807, 2.05) is 46.7 Å². The van der Waals surface area contributed by atoms with E-state index in [2.05, 4.69) is 10.3 Å². The van der Waals surface area contributed by atoms with Gasteiger partial charge in [-0.1, -0.05) is 18.2 Å². The van der Waals surface area contributed by atoms with Gasteiger partial charge in [-0.15, -0.1) is 22.7 Å². The first-order valence-electron chi connectivity index (χ1n) is 7.53. The Kier molecular flexibility index (Phi) is 4.05. The van der Waals surface area contributed by atoms with E-state index in [1.165, 1.54) is 11.3 Å². The van der Waals surface area contributed by atoms with Crippen LogP contribution in [0.3, 0.4) is 0 Å². The monoisotopic (exact) mass is 357 g/mol. The lowest BCUT2D eigenvalue weighted by Gasteiger charge is -2.38. The summed E-state index contributed by atoms with van der Waals surface area (Å²) >= 11 is 3.08. The third kappa shape index (κ3) is 2.93. The van der Waals surface area contributed by atoms with Gasteiger partial charge < -0.3 is 15.3 Å². The second-order valence-corrected chi connectivity index (χ2v) is 7.35. The Morgan fingerprint density at radius 3 is 2.79 bits per heavy atom. The molecule has 1 saturated heterocycles. The number of rotatable bonds is 4. The molecule has 1 aliphatic heterocycles. The van der Waals surface area contributed by atoms with Crippen molar-refractivity contribution in [2.75, 3.05) is 23.3 Å². The topological polar surface area (TPSA) is 65.5 Å². The number of aliphatic hydroxyl groups excluding tert-OH is 1. The van der Waals surface area contributed by atoms with Gasteiger partial charge >= 0.3 is 0 Å². The molecule has 0 aliphatic carbocycles. The summed E-state index contributed by atoms with van der Waals surface area (Å²) < 4.78 is 0. The van der Waals surface area contributed by atoms with Crippen molar-refractivity contribution in [2.45, 2.75) is 6.10 Å². The summed E-state index contributed by atoms with van der Waals surface area (Å²) in [6.45, 7) is 1.18. The number of aromatic nitrogens is 1. The number of nitrogens with one attached hydrogen (secondary N) is 1. The number of para-hydroxylation sites is 2. The minimum Gasteiger partial charge on any atom is -0.389 e. The highest BCUT2D eigenvalue weighted by Crippen LogP contribution is 2.31. The number of aliphatic hydroxyl groups is 1. The lowest BCUT2D eigenvalue weighted by molar-refractivity contribution is 0.102. The maximum atomic E-state index is 12.5. The van der Waals surface area contributed by atoms with E-state index in [4.69, 9.17) is 0 Å². The Bertz CT molecular complexity index is 854. The van der Waals surface area contributed by atoms with E-state index < -0.39 is 0 Å². The molecule has 24 heavy (non-hydrogen) atoms. The molecule has 4 rings (SSSR count). The second kappa shape index (κ2) is 6.35. The minimum absolute atomic E-state index is 0.220. The van der Waals surface area contributed by atoms with Crippen LogP contribution >= 0.6 is 22.7 Å². The summed E-state index contributed by atoms with van der Waals surface area (Å²) in [5.74, 6) is -0.220. The first kappa shape index (κ1) is 15.3. The zero-order chi connectivity index (χ0) is 16.5. The number of benzene rings is 1. The van der Waals surface area contributed by atoms with Crippen LogP contribution in [0.15, 0.2) is 47.2 Å². The minimum atomic E-state index is -0.291. The van der Waals surface area contributed by atoms with Crippen LogP contribution in [0, 0.1) is 0 Å². The number of β-amino-alcohol motifs (C(OH)–C–C–N with tert-alkyl or cyclic N) is 1. The quantitative estimate of drug-likeness (QED) is 0.752. The van der Waals surface area contributed by atoms with Crippen LogP contribution < -0.4 is 10.2 Å². The zero-order valence-corrected chi connectivity index (χ0v) is 14.3. The zero-order valence-electron chi connectivity index (χ0n) is 12.7. The predicted octanol–water partition coefficient (Wildman–Crippen LogP) is 3.30. The molecule has 3 heterocycles. The maximum absolute atomic E-state index is 12.5. The molecular weight excluding hydrogens is 342 g/mol. The molecule has 2 aromatic heterocycles. The molecule has 7 heteroatoms. The van der Waals surface area contributed by atoms with Gasteiger partial charge in [-0.3, -0.25) is 4.79 Å². The molecule has 0 radical (unpaired) electrons. The number of hydrogen-bond donors (Lipinski definition) is 2. The van der Waals surface area contributed by atoms with E-state index in [1.54, 1.807) is 16.7 Å². The number of carbonyl (C=O) groups is 1. The predicted molar refractivity (Wildman–Crippen MR) is 98.0 cm³/mol. The van der Waals surface area contributed by atoms with Gasteiger partial charge in [0.25, 0.3) is 5.91 Å². The van der Waals surface area contributed by atoms with Crippen molar-refractivity contribution in [3.63, 3.8) is 0 Å². The first-order chi connectivity index (χ1) is 11.7. The van der Waals surface area contributed by atoms with Gasteiger partial charge in [0.1, 0.15) is 10.7 Å². The van der Waals surface area contributed by atoms with Gasteiger partial charge in [0.05, 0.1) is 22.4 Å². The van der Waals surface area contributed by atoms with Crippen molar-refractivity contribution < 1.29 is 9.90 Å². The van der Waals surface area contributed by atoms with Crippen LogP contribution in [0.2, 0.25) is 0 Å². The molecule has 122 valence electrons. The second-order valence-electron chi connectivity index (χ2n) is 5.55. The van der Waals surface area contributed by atoms with Crippen molar-refractivity contribution in [1.29, 1.82) is 0 Å². The molecule has 1 aromatic carbocycles. The lowest BCUT2D eigenvalue weighted by atomic mass is 10.1. The fourth-order valence-corrected chi connectivity index (χ4v) is 4.20. The Morgan fingerprint density at radius 2 is 2.04 bits per heavy atom. The fourth-order valence-electron chi connectivity index (χ4n) is 2.58. The molecule has 0 atom stereocenters. The van der Waals surface area contributed by atoms with Gasteiger partial charge in [0, 0.05) is 18.5 Å². The molecule has 5 nitrogen and oxygen atoms in total. The molecule has 0 saturated carbocycles. The number of amides is 1. The van der Waals surface area contributed by atoms with Crippen molar-refractivity contribution in [1.82, 2.24) is 4.98 Å². The van der Waals surface area contributed by atoms with Crippen molar-refractivity contribution >= 4 is 40.0 Å². The van der Waals surface area contributed by atoms with Crippen molar-refractivity contribution in [3.05, 3.63) is 52.9 Å². The normalized spacial score (nSPS) is 14.5. The van der Waals surface area contributed by atoms with Crippen LogP contribution in [0.4, 0.5) is 11.4 Å². The maximum Gasteiger partial charge on any atom is 0.275 e. The number of nitrogens with zero attached hydrogens (tertiary/aromatic N) is 2. The highest BCUT2D eigenvalue weighted by atomic mass is 32.1. The number of anilines is 2. The van der Waals surface area contributed by atoms with Gasteiger partial charge in [0.2, 0.25) is 0 Å². The number of thiophene rings is 1. The molecule has 0 spiro atoms. The van der Waals surface area contributed by atoms with E-state index in [9.17, 15) is 9.90 Å². The summed E-state index contributed by atoms with van der Waals surface area (Å²) in [4.78, 5) is 20.0. The summed E-state index contributed by atoms with van der Waals surface area (Å²) in [7, 11) is 0. The first-order valence-corrected chi connectivity index (χ1v) is 9.29. The Morgan fingerprint density at radius 1 is 1.21 bits per heavy atom. The van der Waals surface area contributed by atoms with Gasteiger partial charge in [-0.25, -0.2) is 4.98 Å². The number of carbonyl (C=O) groups excluding carboxylic acids is 1. The molecule has 0 unspecified atom stereocenters. The summed E-state index contributed by atoms with van der Waals surface area (Å²) in [6, 6.07) is 11.6. The average Bonchev–Trinajstić information content (AvgIpc) is 3.23. The molecule has 2 N–H and O–H groups in total. The van der Waals surface area contributed by atoms with Gasteiger partial charge in [0.15, 0.2) is 0 Å². The fraction of sp³-hybridized carbons (Fsp3) is 0.176. The molecule has 3 aromatic rings. The average molecular weight is 357 g/mol. The summed E-state index contributed by atoms with van der Waals surface area (Å²) in [6.07, 6.45) is -0.291. The summed E-state index contributed by atoms with van der Waals surface area (Å²) in [5.41, 5.74) is 2.08. The Balaban J connectivity index is 1.53. The van der Waals surface area contributed by atoms with Crippen LogP contribution in [0.5, 0.6) is 0 Å². The van der Waals surface area contributed by atoms with Crippen LogP contribution in [-0.4, -0.2) is 35.2 Å².